The van der Waals surface area contributed by atoms with Gasteiger partial charge in [0.15, 0.2) is 0 Å². The number of ether oxygens (including phenoxy) is 1. The summed E-state index contributed by atoms with van der Waals surface area (Å²) >= 11 is 5.92. The number of carbonyl (C=O) groups is 1. The molecule has 98 valence electrons. The minimum absolute atomic E-state index is 0.0905. The van der Waals surface area contributed by atoms with Gasteiger partial charge in [-0.2, -0.15) is 0 Å². The van der Waals surface area contributed by atoms with E-state index >= 15 is 0 Å². The molecular weight excluding hydrogens is 254 g/mol. The molecule has 0 atom stereocenters. The van der Waals surface area contributed by atoms with Gasteiger partial charge >= 0.3 is 6.03 Å². The van der Waals surface area contributed by atoms with Crippen molar-refractivity contribution in [2.75, 3.05) is 44.0 Å². The monoisotopic (exact) mass is 269 g/mol. The quantitative estimate of drug-likeness (QED) is 0.791. The average Bonchev–Trinajstić information content (AvgIpc) is 2.41. The summed E-state index contributed by atoms with van der Waals surface area (Å²) in [6, 6.07) is 5.00. The Morgan fingerprint density at radius 3 is 2.78 bits per heavy atom. The van der Waals surface area contributed by atoms with Gasteiger partial charge in [0.1, 0.15) is 0 Å². The lowest BCUT2D eigenvalue weighted by Crippen LogP contribution is -2.47. The van der Waals surface area contributed by atoms with Crippen molar-refractivity contribution in [2.24, 2.45) is 0 Å². The number of hydrogen-bond acceptors (Lipinski definition) is 3. The molecule has 2 N–H and O–H groups in total. The highest BCUT2D eigenvalue weighted by Crippen LogP contribution is 2.26. The van der Waals surface area contributed by atoms with Crippen LogP contribution < -0.4 is 10.6 Å². The predicted molar refractivity (Wildman–Crippen MR) is 72.1 cm³/mol. The number of amides is 2. The van der Waals surface area contributed by atoms with Crippen molar-refractivity contribution >= 4 is 29.0 Å². The van der Waals surface area contributed by atoms with Gasteiger partial charge in [0.2, 0.25) is 0 Å². The molecule has 6 heteroatoms. The maximum atomic E-state index is 12.3. The van der Waals surface area contributed by atoms with Crippen LogP contribution in [0, 0.1) is 0 Å². The van der Waals surface area contributed by atoms with Gasteiger partial charge in [-0.3, -0.25) is 4.90 Å². The summed E-state index contributed by atoms with van der Waals surface area (Å²) in [6.07, 6.45) is 0. The molecule has 0 unspecified atom stereocenters. The summed E-state index contributed by atoms with van der Waals surface area (Å²) in [5, 5.41) is 0.556. The minimum Gasteiger partial charge on any atom is -0.397 e. The molecule has 0 saturated carbocycles. The second-order valence-electron chi connectivity index (χ2n) is 4.14. The molecular formula is C12H16ClN3O2. The lowest BCUT2D eigenvalue weighted by Gasteiger charge is -2.31. The van der Waals surface area contributed by atoms with E-state index in [9.17, 15) is 4.79 Å². The zero-order chi connectivity index (χ0) is 13.1. The lowest BCUT2D eigenvalue weighted by atomic mass is 10.2. The van der Waals surface area contributed by atoms with E-state index in [2.05, 4.69) is 0 Å². The van der Waals surface area contributed by atoms with Crippen LogP contribution >= 0.6 is 11.6 Å². The Balaban J connectivity index is 2.16. The summed E-state index contributed by atoms with van der Waals surface area (Å²) in [7, 11) is 1.69. The topological polar surface area (TPSA) is 58.8 Å². The maximum absolute atomic E-state index is 12.3. The first-order valence-corrected chi connectivity index (χ1v) is 6.13. The Morgan fingerprint density at radius 2 is 2.11 bits per heavy atom. The Kier molecular flexibility index (Phi) is 3.93. The van der Waals surface area contributed by atoms with E-state index in [1.807, 2.05) is 0 Å². The van der Waals surface area contributed by atoms with E-state index < -0.39 is 0 Å². The third-order valence-electron chi connectivity index (χ3n) is 2.92. The number of anilines is 2. The van der Waals surface area contributed by atoms with Crippen LogP contribution in [0.25, 0.3) is 0 Å². The van der Waals surface area contributed by atoms with Crippen LogP contribution in [0.4, 0.5) is 16.2 Å². The Morgan fingerprint density at radius 1 is 1.44 bits per heavy atom. The number of halogens is 1. The summed E-state index contributed by atoms with van der Waals surface area (Å²) in [5.41, 5.74) is 7.02. The first-order chi connectivity index (χ1) is 8.59. The number of benzene rings is 1. The number of nitrogens with two attached hydrogens (primary N) is 1. The van der Waals surface area contributed by atoms with Crippen LogP contribution in [-0.2, 0) is 4.74 Å². The van der Waals surface area contributed by atoms with Gasteiger partial charge in [0, 0.05) is 25.2 Å². The molecule has 0 spiro atoms. The van der Waals surface area contributed by atoms with Gasteiger partial charge < -0.3 is 15.4 Å². The summed E-state index contributed by atoms with van der Waals surface area (Å²) in [4.78, 5) is 15.5. The zero-order valence-corrected chi connectivity index (χ0v) is 11.0. The molecule has 1 aromatic carbocycles. The fourth-order valence-corrected chi connectivity index (χ4v) is 2.04. The number of nitrogen functional groups attached to an aromatic ring is 1. The second kappa shape index (κ2) is 5.46. The second-order valence-corrected chi connectivity index (χ2v) is 4.58. The highest BCUT2D eigenvalue weighted by Gasteiger charge is 2.22. The van der Waals surface area contributed by atoms with Gasteiger partial charge in [-0.25, -0.2) is 4.79 Å². The van der Waals surface area contributed by atoms with Crippen molar-refractivity contribution in [3.63, 3.8) is 0 Å². The molecule has 5 nitrogen and oxygen atoms in total. The molecule has 0 aromatic heterocycles. The van der Waals surface area contributed by atoms with E-state index in [0.29, 0.717) is 42.7 Å². The normalized spacial score (nSPS) is 15.6. The molecule has 1 heterocycles. The van der Waals surface area contributed by atoms with Crippen LogP contribution in [0.1, 0.15) is 0 Å². The molecule has 2 rings (SSSR count). The van der Waals surface area contributed by atoms with Gasteiger partial charge in [-0.15, -0.1) is 0 Å². The SMILES string of the molecule is CN(C(=O)N1CCOCC1)c1cc(Cl)ccc1N. The van der Waals surface area contributed by atoms with Crippen molar-refractivity contribution in [3.05, 3.63) is 23.2 Å². The molecule has 1 aliphatic heterocycles. The van der Waals surface area contributed by atoms with E-state index in [1.165, 1.54) is 4.90 Å². The molecule has 1 aliphatic rings. The molecule has 1 aromatic rings. The van der Waals surface area contributed by atoms with E-state index in [4.69, 9.17) is 22.1 Å². The van der Waals surface area contributed by atoms with Crippen LogP contribution in [-0.4, -0.2) is 44.3 Å². The molecule has 1 fully saturated rings. The van der Waals surface area contributed by atoms with E-state index in [1.54, 1.807) is 30.1 Å². The lowest BCUT2D eigenvalue weighted by molar-refractivity contribution is 0.0551. The standard InChI is InChI=1S/C12H16ClN3O2/c1-15(11-8-9(13)2-3-10(11)14)12(17)16-4-6-18-7-5-16/h2-3,8H,4-7,14H2,1H3. The van der Waals surface area contributed by atoms with Gasteiger partial charge in [0.05, 0.1) is 24.6 Å². The predicted octanol–water partition coefficient (Wildman–Crippen LogP) is 1.81. The number of carbonyl (C=O) groups excluding carboxylic acids is 1. The number of morpholine rings is 1. The first-order valence-electron chi connectivity index (χ1n) is 5.75. The van der Waals surface area contributed by atoms with Crippen LogP contribution in [0.15, 0.2) is 18.2 Å². The largest absolute Gasteiger partial charge is 0.397 e. The van der Waals surface area contributed by atoms with Gasteiger partial charge in [-0.1, -0.05) is 11.6 Å². The summed E-state index contributed by atoms with van der Waals surface area (Å²) < 4.78 is 5.22. The fourth-order valence-electron chi connectivity index (χ4n) is 1.88. The minimum atomic E-state index is -0.0905. The maximum Gasteiger partial charge on any atom is 0.324 e. The zero-order valence-electron chi connectivity index (χ0n) is 10.2. The highest BCUT2D eigenvalue weighted by atomic mass is 35.5. The van der Waals surface area contributed by atoms with Gasteiger partial charge in [-0.05, 0) is 18.2 Å². The van der Waals surface area contributed by atoms with Crippen LogP contribution in [0.5, 0.6) is 0 Å². The highest BCUT2D eigenvalue weighted by molar-refractivity contribution is 6.31. The van der Waals surface area contributed by atoms with Crippen molar-refractivity contribution in [3.8, 4) is 0 Å². The molecule has 0 radical (unpaired) electrons. The number of urea groups is 1. The number of rotatable bonds is 1. The van der Waals surface area contributed by atoms with E-state index in [0.717, 1.165) is 0 Å². The van der Waals surface area contributed by atoms with Crippen molar-refractivity contribution in [1.82, 2.24) is 4.90 Å². The first kappa shape index (κ1) is 13.0. The summed E-state index contributed by atoms with van der Waals surface area (Å²) in [5.74, 6) is 0. The molecule has 0 bridgehead atoms. The smallest absolute Gasteiger partial charge is 0.324 e. The summed E-state index contributed by atoms with van der Waals surface area (Å²) in [6.45, 7) is 2.35. The fraction of sp³-hybridized carbons (Fsp3) is 0.417. The van der Waals surface area contributed by atoms with Gasteiger partial charge in [0.25, 0.3) is 0 Å². The third kappa shape index (κ3) is 2.68. The Hall–Kier alpha value is -1.46. The molecule has 0 aliphatic carbocycles. The van der Waals surface area contributed by atoms with Crippen LogP contribution in [0.3, 0.4) is 0 Å². The number of hydrogen-bond donors (Lipinski definition) is 1. The molecule has 2 amide bonds. The van der Waals surface area contributed by atoms with E-state index in [-0.39, 0.29) is 6.03 Å². The van der Waals surface area contributed by atoms with Crippen LogP contribution in [0.2, 0.25) is 5.02 Å². The Bertz CT molecular complexity index is 447. The van der Waals surface area contributed by atoms with Crippen molar-refractivity contribution < 1.29 is 9.53 Å². The van der Waals surface area contributed by atoms with Crippen molar-refractivity contribution in [1.29, 1.82) is 0 Å². The average molecular weight is 270 g/mol. The molecule has 18 heavy (non-hydrogen) atoms. The number of nitrogens with zero attached hydrogens (tertiary/aromatic N) is 2. The third-order valence-corrected chi connectivity index (χ3v) is 3.16. The molecule has 1 saturated heterocycles. The Labute approximate surface area is 111 Å². The van der Waals surface area contributed by atoms with Crippen molar-refractivity contribution in [2.45, 2.75) is 0 Å².